The van der Waals surface area contributed by atoms with Crippen LogP contribution in [0.25, 0.3) is 17.5 Å². The van der Waals surface area contributed by atoms with Gasteiger partial charge in [0.1, 0.15) is 0 Å². The summed E-state index contributed by atoms with van der Waals surface area (Å²) in [5.41, 5.74) is 1.38. The maximum absolute atomic E-state index is 11.9. The zero-order valence-corrected chi connectivity index (χ0v) is 17.0. The smallest absolute Gasteiger partial charge is 0.331 e. The molecule has 7 nitrogen and oxygen atoms in total. The summed E-state index contributed by atoms with van der Waals surface area (Å²) in [7, 11) is 3.09. The van der Waals surface area contributed by atoms with Crippen molar-refractivity contribution in [3.05, 3.63) is 64.0 Å². The number of hydrogen-bond acceptors (Lipinski definition) is 7. The predicted molar refractivity (Wildman–Crippen MR) is 108 cm³/mol. The van der Waals surface area contributed by atoms with E-state index in [0.717, 1.165) is 0 Å². The number of ether oxygens (including phenoxy) is 3. The second kappa shape index (κ2) is 9.45. The number of benzene rings is 2. The molecular weight excluding hydrogens is 419 g/mol. The maximum Gasteiger partial charge on any atom is 0.331 e. The van der Waals surface area contributed by atoms with Gasteiger partial charge in [-0.25, -0.2) is 4.79 Å². The molecule has 150 valence electrons. The minimum Gasteiger partial charge on any atom is -0.493 e. The first kappa shape index (κ1) is 20.7. The van der Waals surface area contributed by atoms with Gasteiger partial charge in [0.25, 0.3) is 5.89 Å². The van der Waals surface area contributed by atoms with Crippen molar-refractivity contribution in [2.24, 2.45) is 0 Å². The van der Waals surface area contributed by atoms with E-state index in [1.165, 1.54) is 13.2 Å². The van der Waals surface area contributed by atoms with E-state index in [-0.39, 0.29) is 12.5 Å². The average Bonchev–Trinajstić information content (AvgIpc) is 3.21. The number of nitrogens with zero attached hydrogens (tertiary/aromatic N) is 2. The first-order valence-electron chi connectivity index (χ1n) is 8.35. The van der Waals surface area contributed by atoms with Crippen molar-refractivity contribution >= 4 is 35.2 Å². The first-order chi connectivity index (χ1) is 14.0. The SMILES string of the molecule is COc1ccc(-c2noc(COC(=O)/C=C/c3ccc(Cl)c(Cl)c3)n2)cc1OC. The molecule has 0 fully saturated rings. The van der Waals surface area contributed by atoms with Crippen LogP contribution in [0, 0.1) is 0 Å². The Kier molecular flexibility index (Phi) is 6.74. The number of halogens is 2. The number of hydrogen-bond donors (Lipinski definition) is 0. The quantitative estimate of drug-likeness (QED) is 0.389. The standard InChI is InChI=1S/C20H16Cl2N2O5/c1-26-16-7-5-13(10-17(16)27-2)20-23-18(29-24-20)11-28-19(25)8-4-12-3-6-14(21)15(22)9-12/h3-10H,11H2,1-2H3/b8-4+. The van der Waals surface area contributed by atoms with Crippen LogP contribution in [0.1, 0.15) is 11.5 Å². The molecule has 1 aromatic heterocycles. The van der Waals surface area contributed by atoms with Crippen LogP contribution >= 0.6 is 23.2 Å². The lowest BCUT2D eigenvalue weighted by Gasteiger charge is -2.07. The summed E-state index contributed by atoms with van der Waals surface area (Å²) in [5.74, 6) is 1.05. The minimum absolute atomic E-state index is 0.158. The molecule has 3 rings (SSSR count). The molecule has 0 saturated carbocycles. The van der Waals surface area contributed by atoms with Gasteiger partial charge in [0.2, 0.25) is 5.82 Å². The van der Waals surface area contributed by atoms with E-state index in [2.05, 4.69) is 10.1 Å². The van der Waals surface area contributed by atoms with Gasteiger partial charge in [0.05, 0.1) is 24.3 Å². The van der Waals surface area contributed by atoms with Crippen molar-refractivity contribution in [1.29, 1.82) is 0 Å². The molecule has 0 aliphatic rings. The topological polar surface area (TPSA) is 83.7 Å². The largest absolute Gasteiger partial charge is 0.493 e. The molecule has 29 heavy (non-hydrogen) atoms. The fraction of sp³-hybridized carbons (Fsp3) is 0.150. The highest BCUT2D eigenvalue weighted by atomic mass is 35.5. The second-order valence-electron chi connectivity index (χ2n) is 5.70. The van der Waals surface area contributed by atoms with Gasteiger partial charge in [-0.15, -0.1) is 0 Å². The van der Waals surface area contributed by atoms with E-state index in [4.69, 9.17) is 41.9 Å². The molecule has 0 spiro atoms. The van der Waals surface area contributed by atoms with Gasteiger partial charge in [-0.1, -0.05) is 34.4 Å². The summed E-state index contributed by atoms with van der Waals surface area (Å²) >= 11 is 11.8. The highest BCUT2D eigenvalue weighted by molar-refractivity contribution is 6.42. The third kappa shape index (κ3) is 5.28. The van der Waals surface area contributed by atoms with Crippen LogP contribution in [0.2, 0.25) is 10.0 Å². The normalized spacial score (nSPS) is 10.9. The van der Waals surface area contributed by atoms with Gasteiger partial charge >= 0.3 is 5.97 Å². The van der Waals surface area contributed by atoms with Crippen molar-refractivity contribution < 1.29 is 23.5 Å². The molecular formula is C20H16Cl2N2O5. The number of methoxy groups -OCH3 is 2. The monoisotopic (exact) mass is 434 g/mol. The van der Waals surface area contributed by atoms with Crippen LogP contribution in [-0.4, -0.2) is 30.3 Å². The molecule has 0 unspecified atom stereocenters. The summed E-state index contributed by atoms with van der Waals surface area (Å²) < 4.78 is 20.7. The predicted octanol–water partition coefficient (Wildman–Crippen LogP) is 4.82. The number of esters is 1. The van der Waals surface area contributed by atoms with Crippen LogP contribution < -0.4 is 9.47 Å². The van der Waals surface area contributed by atoms with Crippen molar-refractivity contribution in [2.75, 3.05) is 14.2 Å². The van der Waals surface area contributed by atoms with Crippen LogP contribution in [-0.2, 0) is 16.1 Å². The van der Waals surface area contributed by atoms with Gasteiger partial charge < -0.3 is 18.7 Å². The zero-order chi connectivity index (χ0) is 20.8. The van der Waals surface area contributed by atoms with Gasteiger partial charge in [0.15, 0.2) is 18.1 Å². The molecule has 9 heteroatoms. The lowest BCUT2D eigenvalue weighted by Crippen LogP contribution is -2.01. The lowest BCUT2D eigenvalue weighted by molar-refractivity contribution is -0.139. The fourth-order valence-electron chi connectivity index (χ4n) is 2.37. The molecule has 0 N–H and O–H groups in total. The summed E-state index contributed by atoms with van der Waals surface area (Å²) in [5, 5.41) is 4.72. The summed E-state index contributed by atoms with van der Waals surface area (Å²) in [6, 6.07) is 10.2. The Labute approximate surface area is 176 Å². The minimum atomic E-state index is -0.568. The third-order valence-corrected chi connectivity index (χ3v) is 4.54. The average molecular weight is 435 g/mol. The van der Waals surface area contributed by atoms with E-state index in [9.17, 15) is 4.79 Å². The Bertz CT molecular complexity index is 1050. The van der Waals surface area contributed by atoms with Crippen LogP contribution in [0.5, 0.6) is 11.5 Å². The van der Waals surface area contributed by atoms with Crippen LogP contribution in [0.15, 0.2) is 47.0 Å². The first-order valence-corrected chi connectivity index (χ1v) is 9.10. The van der Waals surface area contributed by atoms with Gasteiger partial charge in [-0.2, -0.15) is 4.98 Å². The molecule has 1 heterocycles. The van der Waals surface area contributed by atoms with Crippen LogP contribution in [0.3, 0.4) is 0 Å². The Morgan fingerprint density at radius 2 is 1.86 bits per heavy atom. The number of aromatic nitrogens is 2. The van der Waals surface area contributed by atoms with E-state index >= 15 is 0 Å². The second-order valence-corrected chi connectivity index (χ2v) is 6.51. The van der Waals surface area contributed by atoms with E-state index in [1.54, 1.807) is 49.6 Å². The maximum atomic E-state index is 11.9. The molecule has 2 aromatic carbocycles. The number of carbonyl (C=O) groups is 1. The lowest BCUT2D eigenvalue weighted by atomic mass is 10.2. The molecule has 3 aromatic rings. The molecule has 0 bridgehead atoms. The van der Waals surface area contributed by atoms with Crippen molar-refractivity contribution in [3.8, 4) is 22.9 Å². The van der Waals surface area contributed by atoms with Crippen molar-refractivity contribution in [1.82, 2.24) is 10.1 Å². The van der Waals surface area contributed by atoms with E-state index in [1.807, 2.05) is 0 Å². The van der Waals surface area contributed by atoms with Gasteiger partial charge in [-0.3, -0.25) is 0 Å². The van der Waals surface area contributed by atoms with E-state index < -0.39 is 5.97 Å². The fourth-order valence-corrected chi connectivity index (χ4v) is 2.67. The van der Waals surface area contributed by atoms with Crippen molar-refractivity contribution in [2.45, 2.75) is 6.61 Å². The summed E-state index contributed by atoms with van der Waals surface area (Å²) in [4.78, 5) is 16.1. The molecule has 0 radical (unpaired) electrons. The highest BCUT2D eigenvalue weighted by Gasteiger charge is 2.13. The van der Waals surface area contributed by atoms with Crippen molar-refractivity contribution in [3.63, 3.8) is 0 Å². The number of carbonyl (C=O) groups excluding carboxylic acids is 1. The molecule has 0 aliphatic carbocycles. The molecule has 0 saturated heterocycles. The Morgan fingerprint density at radius 1 is 1.07 bits per heavy atom. The molecule has 0 amide bonds. The molecule has 0 aliphatic heterocycles. The molecule has 0 atom stereocenters. The van der Waals surface area contributed by atoms with Gasteiger partial charge in [-0.05, 0) is 42.0 Å². The third-order valence-electron chi connectivity index (χ3n) is 3.80. The Hall–Kier alpha value is -3.03. The Morgan fingerprint density at radius 3 is 2.59 bits per heavy atom. The van der Waals surface area contributed by atoms with Crippen LogP contribution in [0.4, 0.5) is 0 Å². The highest BCUT2D eigenvalue weighted by Crippen LogP contribution is 2.31. The van der Waals surface area contributed by atoms with E-state index in [0.29, 0.717) is 38.5 Å². The summed E-state index contributed by atoms with van der Waals surface area (Å²) in [6.07, 6.45) is 2.83. The van der Waals surface area contributed by atoms with Gasteiger partial charge in [0, 0.05) is 11.6 Å². The zero-order valence-electron chi connectivity index (χ0n) is 15.5. The summed E-state index contributed by atoms with van der Waals surface area (Å²) in [6.45, 7) is -0.162. The Balaban J connectivity index is 1.61. The number of rotatable bonds is 7.